The summed E-state index contributed by atoms with van der Waals surface area (Å²) in [5.41, 5.74) is 10.2. The molecule has 0 aliphatic carbocycles. The highest BCUT2D eigenvalue weighted by Gasteiger charge is 2.11. The molecule has 0 aliphatic rings. The predicted molar refractivity (Wildman–Crippen MR) is 97.0 cm³/mol. The van der Waals surface area contributed by atoms with Crippen molar-refractivity contribution < 1.29 is 9.59 Å². The fourth-order valence-corrected chi connectivity index (χ4v) is 2.52. The van der Waals surface area contributed by atoms with Gasteiger partial charge in [-0.25, -0.2) is 0 Å². The number of ketones is 1. The minimum atomic E-state index is -0.0934. The van der Waals surface area contributed by atoms with Gasteiger partial charge in [-0.2, -0.15) is 0 Å². The van der Waals surface area contributed by atoms with E-state index in [0.29, 0.717) is 12.1 Å². The van der Waals surface area contributed by atoms with Crippen molar-refractivity contribution in [3.05, 3.63) is 64.7 Å². The van der Waals surface area contributed by atoms with E-state index in [1.54, 1.807) is 0 Å². The van der Waals surface area contributed by atoms with Gasteiger partial charge in [0.25, 0.3) is 0 Å². The summed E-state index contributed by atoms with van der Waals surface area (Å²) < 4.78 is 0. The molecule has 0 saturated heterocycles. The summed E-state index contributed by atoms with van der Waals surface area (Å²) in [7, 11) is 0. The highest BCUT2D eigenvalue weighted by molar-refractivity contribution is 5.99. The predicted octanol–water partition coefficient (Wildman–Crippen LogP) is 3.21. The number of hydrogen-bond acceptors (Lipinski definition) is 3. The lowest BCUT2D eigenvalue weighted by molar-refractivity contribution is -0.121. The largest absolute Gasteiger partial charge is 0.399 e. The van der Waals surface area contributed by atoms with Crippen LogP contribution < -0.4 is 11.1 Å². The van der Waals surface area contributed by atoms with Gasteiger partial charge in [0.1, 0.15) is 0 Å². The molecule has 126 valence electrons. The summed E-state index contributed by atoms with van der Waals surface area (Å²) in [6.07, 6.45) is 1.20. The van der Waals surface area contributed by atoms with E-state index >= 15 is 0 Å². The highest BCUT2D eigenvalue weighted by Crippen LogP contribution is 2.14. The zero-order valence-corrected chi connectivity index (χ0v) is 14.3. The third kappa shape index (κ3) is 5.23. The van der Waals surface area contributed by atoms with Gasteiger partial charge in [0.05, 0.1) is 0 Å². The molecule has 0 radical (unpaired) electrons. The van der Waals surface area contributed by atoms with E-state index in [-0.39, 0.29) is 24.5 Å². The molecule has 0 aromatic heterocycles. The quantitative estimate of drug-likeness (QED) is 0.607. The number of hydrogen-bond donors (Lipinski definition) is 2. The zero-order valence-electron chi connectivity index (χ0n) is 14.3. The fourth-order valence-electron chi connectivity index (χ4n) is 2.52. The second-order valence-corrected chi connectivity index (χ2v) is 6.08. The van der Waals surface area contributed by atoms with Crippen LogP contribution in [0.1, 0.15) is 39.9 Å². The molecule has 2 rings (SSSR count). The van der Waals surface area contributed by atoms with Crippen LogP contribution in [0.25, 0.3) is 0 Å². The molecule has 3 N–H and O–H groups in total. The number of Topliss-reactive ketones (excluding diaryl/α,β-unsaturated/α-hetero) is 1. The lowest BCUT2D eigenvalue weighted by Crippen LogP contribution is -2.26. The Bertz CT molecular complexity index is 721. The first-order valence-electron chi connectivity index (χ1n) is 8.17. The third-order valence-electron chi connectivity index (χ3n) is 3.99. The van der Waals surface area contributed by atoms with Crippen molar-refractivity contribution in [2.75, 3.05) is 12.3 Å². The van der Waals surface area contributed by atoms with E-state index < -0.39 is 0 Å². The molecular weight excluding hydrogens is 300 g/mol. The minimum Gasteiger partial charge on any atom is -0.399 e. The van der Waals surface area contributed by atoms with Crippen molar-refractivity contribution in [1.29, 1.82) is 0 Å². The Morgan fingerprint density at radius 3 is 2.42 bits per heavy atom. The Morgan fingerprint density at radius 2 is 1.71 bits per heavy atom. The van der Waals surface area contributed by atoms with Gasteiger partial charge >= 0.3 is 0 Å². The summed E-state index contributed by atoms with van der Waals surface area (Å²) in [5, 5.41) is 2.86. The molecule has 2 aromatic carbocycles. The van der Waals surface area contributed by atoms with Gasteiger partial charge in [-0.3, -0.25) is 9.59 Å². The molecule has 2 aromatic rings. The van der Waals surface area contributed by atoms with Crippen LogP contribution in [-0.2, 0) is 11.2 Å². The number of nitrogen functional groups attached to an aromatic ring is 1. The lowest BCUT2D eigenvalue weighted by atomic mass is 9.99. The van der Waals surface area contributed by atoms with Gasteiger partial charge in [0, 0.05) is 30.6 Å². The number of amides is 1. The molecule has 4 nitrogen and oxygen atoms in total. The van der Waals surface area contributed by atoms with Crippen LogP contribution in [0.15, 0.2) is 42.5 Å². The van der Waals surface area contributed by atoms with Crippen molar-refractivity contribution in [3.8, 4) is 0 Å². The Labute approximate surface area is 143 Å². The number of benzene rings is 2. The van der Waals surface area contributed by atoms with E-state index in [9.17, 15) is 9.59 Å². The normalized spacial score (nSPS) is 10.4. The molecule has 24 heavy (non-hydrogen) atoms. The van der Waals surface area contributed by atoms with Crippen LogP contribution in [-0.4, -0.2) is 18.2 Å². The molecule has 0 saturated carbocycles. The average molecular weight is 324 g/mol. The molecule has 0 bridgehead atoms. The van der Waals surface area contributed by atoms with E-state index in [4.69, 9.17) is 5.73 Å². The van der Waals surface area contributed by atoms with Gasteiger partial charge in [0.2, 0.25) is 5.91 Å². The van der Waals surface area contributed by atoms with E-state index in [1.165, 1.54) is 0 Å². The van der Waals surface area contributed by atoms with Crippen molar-refractivity contribution in [1.82, 2.24) is 5.32 Å². The molecule has 0 heterocycles. The first kappa shape index (κ1) is 17.7. The van der Waals surface area contributed by atoms with Gasteiger partial charge in [0.15, 0.2) is 5.78 Å². The van der Waals surface area contributed by atoms with Gasteiger partial charge < -0.3 is 11.1 Å². The van der Waals surface area contributed by atoms with Crippen LogP contribution >= 0.6 is 0 Å². The van der Waals surface area contributed by atoms with Gasteiger partial charge in [-0.1, -0.05) is 29.8 Å². The number of carbonyl (C=O) groups is 2. The Morgan fingerprint density at radius 1 is 1.00 bits per heavy atom. The number of rotatable bonds is 7. The molecule has 0 unspecified atom stereocenters. The molecule has 0 spiro atoms. The van der Waals surface area contributed by atoms with Gasteiger partial charge in [-0.05, 0) is 49.6 Å². The summed E-state index contributed by atoms with van der Waals surface area (Å²) >= 11 is 0. The summed E-state index contributed by atoms with van der Waals surface area (Å²) in [6.45, 7) is 4.43. The summed E-state index contributed by atoms with van der Waals surface area (Å²) in [6, 6.07) is 13.4. The van der Waals surface area contributed by atoms with Gasteiger partial charge in [-0.15, -0.1) is 0 Å². The van der Waals surface area contributed by atoms with E-state index in [0.717, 1.165) is 28.8 Å². The summed E-state index contributed by atoms with van der Waals surface area (Å²) in [5.74, 6) is -0.0750. The third-order valence-corrected chi connectivity index (χ3v) is 3.99. The van der Waals surface area contributed by atoms with Crippen LogP contribution in [0.5, 0.6) is 0 Å². The standard InChI is InChI=1S/C20H24N2O2/c1-14-3-4-15(2)18(13-14)19(23)9-10-20(24)22-12-11-16-5-7-17(21)8-6-16/h3-8,13H,9-12,21H2,1-2H3,(H,22,24). The van der Waals surface area contributed by atoms with Crippen molar-refractivity contribution in [3.63, 3.8) is 0 Å². The number of nitrogens with one attached hydrogen (secondary N) is 1. The smallest absolute Gasteiger partial charge is 0.220 e. The SMILES string of the molecule is Cc1ccc(C)c(C(=O)CCC(=O)NCCc2ccc(N)cc2)c1. The minimum absolute atomic E-state index is 0.0184. The highest BCUT2D eigenvalue weighted by atomic mass is 16.2. The maximum atomic E-state index is 12.3. The molecule has 4 heteroatoms. The molecular formula is C20H24N2O2. The second kappa shape index (κ2) is 8.29. The van der Waals surface area contributed by atoms with Crippen molar-refractivity contribution >= 4 is 17.4 Å². The maximum absolute atomic E-state index is 12.3. The topological polar surface area (TPSA) is 72.2 Å². The van der Waals surface area contributed by atoms with Crippen LogP contribution in [0, 0.1) is 13.8 Å². The number of anilines is 1. The Balaban J connectivity index is 1.75. The van der Waals surface area contributed by atoms with Crippen LogP contribution in [0.4, 0.5) is 5.69 Å². The molecule has 0 atom stereocenters. The zero-order chi connectivity index (χ0) is 17.5. The lowest BCUT2D eigenvalue weighted by Gasteiger charge is -2.07. The first-order valence-corrected chi connectivity index (χ1v) is 8.17. The number of carbonyl (C=O) groups excluding carboxylic acids is 2. The van der Waals surface area contributed by atoms with Crippen molar-refractivity contribution in [2.45, 2.75) is 33.1 Å². The van der Waals surface area contributed by atoms with Crippen LogP contribution in [0.3, 0.4) is 0 Å². The van der Waals surface area contributed by atoms with Crippen LogP contribution in [0.2, 0.25) is 0 Å². The maximum Gasteiger partial charge on any atom is 0.220 e. The molecule has 0 fully saturated rings. The number of aryl methyl sites for hydroxylation is 2. The number of nitrogens with two attached hydrogens (primary N) is 1. The Hall–Kier alpha value is -2.62. The Kier molecular flexibility index (Phi) is 6.13. The average Bonchev–Trinajstić information content (AvgIpc) is 2.56. The molecule has 1 amide bonds. The summed E-state index contributed by atoms with van der Waals surface area (Å²) in [4.78, 5) is 24.1. The fraction of sp³-hybridized carbons (Fsp3) is 0.300. The first-order chi connectivity index (χ1) is 11.5. The molecule has 0 aliphatic heterocycles. The monoisotopic (exact) mass is 324 g/mol. The van der Waals surface area contributed by atoms with Crippen molar-refractivity contribution in [2.24, 2.45) is 0 Å². The van der Waals surface area contributed by atoms with E-state index in [2.05, 4.69) is 5.32 Å². The second-order valence-electron chi connectivity index (χ2n) is 6.08. The van der Waals surface area contributed by atoms with E-state index in [1.807, 2.05) is 56.3 Å².